The average Bonchev–Trinajstić information content (AvgIpc) is 3.07. The van der Waals surface area contributed by atoms with Gasteiger partial charge in [-0.05, 0) is 30.3 Å². The van der Waals surface area contributed by atoms with Crippen LogP contribution in [-0.4, -0.2) is 37.5 Å². The number of nitrogens with zero attached hydrogens (tertiary/aromatic N) is 5. The van der Waals surface area contributed by atoms with Crippen LogP contribution < -0.4 is 5.56 Å². The number of fused-ring (bicyclic) bond motifs is 3. The van der Waals surface area contributed by atoms with Crippen LogP contribution in [0.3, 0.4) is 0 Å². The maximum absolute atomic E-state index is 12.7. The first-order valence-corrected chi connectivity index (χ1v) is 7.58. The molecule has 0 amide bonds. The Balaban J connectivity index is 1.97. The first-order valence-electron chi connectivity index (χ1n) is 7.20. The zero-order valence-corrected chi connectivity index (χ0v) is 13.6. The van der Waals surface area contributed by atoms with E-state index in [0.29, 0.717) is 16.2 Å². The second kappa shape index (κ2) is 5.67. The summed E-state index contributed by atoms with van der Waals surface area (Å²) in [7, 11) is 1.27. The summed E-state index contributed by atoms with van der Waals surface area (Å²) < 4.78 is 7.51. The summed E-state index contributed by atoms with van der Waals surface area (Å²) in [6.45, 7) is 0. The van der Waals surface area contributed by atoms with Gasteiger partial charge in [-0.3, -0.25) is 9.36 Å². The summed E-state index contributed by atoms with van der Waals surface area (Å²) in [5.74, 6) is -0.571. The van der Waals surface area contributed by atoms with Crippen molar-refractivity contribution in [2.24, 2.45) is 0 Å². The highest BCUT2D eigenvalue weighted by Gasteiger charge is 2.18. The number of hydrogen-bond donors (Lipinski definition) is 0. The van der Waals surface area contributed by atoms with E-state index in [0.717, 1.165) is 0 Å². The van der Waals surface area contributed by atoms with Crippen molar-refractivity contribution in [2.45, 2.75) is 0 Å². The van der Waals surface area contributed by atoms with E-state index in [1.807, 2.05) is 0 Å². The Bertz CT molecular complexity index is 1180. The molecule has 0 radical (unpaired) electrons. The number of halogens is 1. The van der Waals surface area contributed by atoms with Gasteiger partial charge >= 0.3 is 5.97 Å². The molecule has 3 aromatic heterocycles. The maximum Gasteiger partial charge on any atom is 0.343 e. The number of rotatable bonds is 2. The first kappa shape index (κ1) is 15.3. The van der Waals surface area contributed by atoms with Crippen LogP contribution in [0.15, 0.2) is 47.5 Å². The van der Waals surface area contributed by atoms with E-state index in [1.54, 1.807) is 36.5 Å². The number of hydrogen-bond acceptors (Lipinski definition) is 6. The van der Waals surface area contributed by atoms with E-state index in [4.69, 9.17) is 11.6 Å². The SMILES string of the molecule is COC(=O)c1cnn2c1nnc1c(=O)n(-c3ccc(Cl)cc3)ccc12. The lowest BCUT2D eigenvalue weighted by molar-refractivity contribution is 0.0602. The van der Waals surface area contributed by atoms with Crippen LogP contribution in [0.1, 0.15) is 10.4 Å². The van der Waals surface area contributed by atoms with E-state index in [-0.39, 0.29) is 22.3 Å². The minimum Gasteiger partial charge on any atom is -0.465 e. The summed E-state index contributed by atoms with van der Waals surface area (Å²) in [4.78, 5) is 24.5. The van der Waals surface area contributed by atoms with E-state index in [1.165, 1.54) is 22.4 Å². The fourth-order valence-corrected chi connectivity index (χ4v) is 2.68. The van der Waals surface area contributed by atoms with Crippen molar-refractivity contribution in [1.82, 2.24) is 24.4 Å². The molecule has 0 fully saturated rings. The third-order valence-electron chi connectivity index (χ3n) is 3.77. The predicted octanol–water partition coefficient (Wildman–Crippen LogP) is 1.87. The zero-order valence-electron chi connectivity index (χ0n) is 12.9. The first-order chi connectivity index (χ1) is 12.1. The molecule has 9 heteroatoms. The van der Waals surface area contributed by atoms with Gasteiger partial charge in [0.2, 0.25) is 0 Å². The van der Waals surface area contributed by atoms with Crippen LogP contribution >= 0.6 is 11.6 Å². The normalized spacial score (nSPS) is 11.1. The van der Waals surface area contributed by atoms with Crippen LogP contribution in [0.2, 0.25) is 5.02 Å². The van der Waals surface area contributed by atoms with Gasteiger partial charge in [0.15, 0.2) is 11.2 Å². The maximum atomic E-state index is 12.7. The molecule has 4 aromatic rings. The Morgan fingerprint density at radius 1 is 1.16 bits per heavy atom. The predicted molar refractivity (Wildman–Crippen MR) is 90.2 cm³/mol. The van der Waals surface area contributed by atoms with Gasteiger partial charge in [-0.15, -0.1) is 10.2 Å². The number of aromatic nitrogens is 5. The summed E-state index contributed by atoms with van der Waals surface area (Å²) in [6, 6.07) is 8.52. The Kier molecular flexibility index (Phi) is 3.47. The monoisotopic (exact) mass is 355 g/mol. The molecule has 0 aliphatic heterocycles. The lowest BCUT2D eigenvalue weighted by Crippen LogP contribution is -2.20. The smallest absolute Gasteiger partial charge is 0.343 e. The van der Waals surface area contributed by atoms with Crippen LogP contribution in [-0.2, 0) is 4.74 Å². The van der Waals surface area contributed by atoms with E-state index < -0.39 is 5.97 Å². The van der Waals surface area contributed by atoms with Crippen LogP contribution in [0.25, 0.3) is 22.4 Å². The third kappa shape index (κ3) is 2.34. The average molecular weight is 356 g/mol. The van der Waals surface area contributed by atoms with Crippen LogP contribution in [0.5, 0.6) is 0 Å². The fraction of sp³-hybridized carbons (Fsp3) is 0.0625. The van der Waals surface area contributed by atoms with Crippen LogP contribution in [0, 0.1) is 0 Å². The molecule has 0 saturated heterocycles. The summed E-state index contributed by atoms with van der Waals surface area (Å²) in [5.41, 5.74) is 1.26. The molecular formula is C16H10ClN5O3. The second-order valence-corrected chi connectivity index (χ2v) is 5.62. The van der Waals surface area contributed by atoms with Gasteiger partial charge in [-0.1, -0.05) is 11.6 Å². The topological polar surface area (TPSA) is 91.4 Å². The molecule has 0 saturated carbocycles. The van der Waals surface area contributed by atoms with Gasteiger partial charge in [0.1, 0.15) is 11.1 Å². The van der Waals surface area contributed by atoms with Gasteiger partial charge in [-0.25, -0.2) is 9.31 Å². The van der Waals surface area contributed by atoms with Crippen molar-refractivity contribution in [3.05, 3.63) is 63.7 Å². The van der Waals surface area contributed by atoms with Gasteiger partial charge in [0, 0.05) is 16.9 Å². The van der Waals surface area contributed by atoms with Gasteiger partial charge in [0.25, 0.3) is 5.56 Å². The number of methoxy groups -OCH3 is 1. The minimum absolute atomic E-state index is 0.129. The lowest BCUT2D eigenvalue weighted by Gasteiger charge is -2.07. The van der Waals surface area contributed by atoms with Gasteiger partial charge in [-0.2, -0.15) is 5.10 Å². The number of ether oxygens (including phenoxy) is 1. The minimum atomic E-state index is -0.571. The zero-order chi connectivity index (χ0) is 17.6. The van der Waals surface area contributed by atoms with Crippen LogP contribution in [0.4, 0.5) is 0 Å². The summed E-state index contributed by atoms with van der Waals surface area (Å²) in [5, 5.41) is 12.6. The van der Waals surface area contributed by atoms with Crippen molar-refractivity contribution in [1.29, 1.82) is 0 Å². The van der Waals surface area contributed by atoms with Gasteiger partial charge in [0.05, 0.1) is 13.3 Å². The van der Waals surface area contributed by atoms with E-state index in [9.17, 15) is 9.59 Å². The van der Waals surface area contributed by atoms with E-state index in [2.05, 4.69) is 20.0 Å². The van der Waals surface area contributed by atoms with Crippen molar-refractivity contribution in [2.75, 3.05) is 7.11 Å². The molecule has 4 rings (SSSR count). The number of benzene rings is 1. The molecule has 3 heterocycles. The lowest BCUT2D eigenvalue weighted by atomic mass is 10.3. The number of carbonyl (C=O) groups is 1. The Morgan fingerprint density at radius 3 is 2.64 bits per heavy atom. The molecule has 0 aliphatic rings. The molecule has 0 aliphatic carbocycles. The standard InChI is InChI=1S/C16H10ClN5O3/c1-25-16(24)11-8-18-22-12-6-7-21(10-4-2-9(17)3-5-10)15(23)13(12)19-20-14(11)22/h2-8H,1H3. The molecular weight excluding hydrogens is 346 g/mol. The molecule has 0 N–H and O–H groups in total. The third-order valence-corrected chi connectivity index (χ3v) is 4.02. The quantitative estimate of drug-likeness (QED) is 0.510. The number of esters is 1. The molecule has 25 heavy (non-hydrogen) atoms. The van der Waals surface area contributed by atoms with Crippen molar-refractivity contribution < 1.29 is 9.53 Å². The summed E-state index contributed by atoms with van der Waals surface area (Å²) >= 11 is 5.88. The number of pyridine rings is 1. The fourth-order valence-electron chi connectivity index (χ4n) is 2.55. The molecule has 0 atom stereocenters. The molecule has 8 nitrogen and oxygen atoms in total. The number of carbonyl (C=O) groups excluding carboxylic acids is 1. The highest BCUT2D eigenvalue weighted by Crippen LogP contribution is 2.16. The molecule has 0 bridgehead atoms. The molecule has 124 valence electrons. The Hall–Kier alpha value is -3.26. The van der Waals surface area contributed by atoms with Crippen molar-refractivity contribution >= 4 is 34.3 Å². The summed E-state index contributed by atoms with van der Waals surface area (Å²) in [6.07, 6.45) is 2.94. The van der Waals surface area contributed by atoms with E-state index >= 15 is 0 Å². The molecule has 0 spiro atoms. The van der Waals surface area contributed by atoms with Crippen molar-refractivity contribution in [3.8, 4) is 5.69 Å². The highest BCUT2D eigenvalue weighted by molar-refractivity contribution is 6.30. The molecule has 1 aromatic carbocycles. The Morgan fingerprint density at radius 2 is 1.92 bits per heavy atom. The van der Waals surface area contributed by atoms with Gasteiger partial charge < -0.3 is 4.74 Å². The van der Waals surface area contributed by atoms with Crippen molar-refractivity contribution in [3.63, 3.8) is 0 Å². The largest absolute Gasteiger partial charge is 0.465 e. The highest BCUT2D eigenvalue weighted by atomic mass is 35.5. The molecule has 0 unspecified atom stereocenters. The second-order valence-electron chi connectivity index (χ2n) is 5.19. The Labute approximate surface area is 145 Å².